The fourth-order valence-corrected chi connectivity index (χ4v) is 2.24. The van der Waals surface area contributed by atoms with Crippen LogP contribution in [0.3, 0.4) is 0 Å². The molecule has 1 heterocycles. The number of methoxy groups -OCH3 is 1. The van der Waals surface area contributed by atoms with E-state index >= 15 is 0 Å². The van der Waals surface area contributed by atoms with Crippen LogP contribution in [0.1, 0.15) is 0 Å². The van der Waals surface area contributed by atoms with Gasteiger partial charge in [-0.05, 0) is 36.4 Å². The van der Waals surface area contributed by atoms with Crippen LogP contribution in [0.4, 0.5) is 11.4 Å². The number of benzene rings is 2. The Kier molecular flexibility index (Phi) is 3.05. The molecule has 96 valence electrons. The van der Waals surface area contributed by atoms with Gasteiger partial charge in [0.1, 0.15) is 5.75 Å². The zero-order chi connectivity index (χ0) is 13.2. The second-order valence-electron chi connectivity index (χ2n) is 4.25. The predicted molar refractivity (Wildman–Crippen MR) is 79.6 cm³/mol. The summed E-state index contributed by atoms with van der Waals surface area (Å²) in [5.41, 5.74) is 3.01. The number of nitrogens with one attached hydrogen (secondary N) is 2. The first-order valence-corrected chi connectivity index (χ1v) is 6.32. The fraction of sp³-hybridized carbons (Fsp3) is 0.0667. The van der Waals surface area contributed by atoms with Crippen molar-refractivity contribution in [1.29, 1.82) is 0 Å². The van der Waals surface area contributed by atoms with Crippen LogP contribution in [0.2, 0.25) is 5.02 Å². The van der Waals surface area contributed by atoms with E-state index in [-0.39, 0.29) is 0 Å². The quantitative estimate of drug-likeness (QED) is 0.733. The molecule has 0 atom stereocenters. The van der Waals surface area contributed by atoms with Crippen molar-refractivity contribution in [1.82, 2.24) is 4.98 Å². The maximum atomic E-state index is 5.98. The third kappa shape index (κ3) is 2.37. The maximum absolute atomic E-state index is 5.98. The summed E-state index contributed by atoms with van der Waals surface area (Å²) in [4.78, 5) is 3.22. The third-order valence-corrected chi connectivity index (χ3v) is 3.23. The highest BCUT2D eigenvalue weighted by atomic mass is 35.5. The summed E-state index contributed by atoms with van der Waals surface area (Å²) in [6.45, 7) is 0. The van der Waals surface area contributed by atoms with E-state index < -0.39 is 0 Å². The fourth-order valence-electron chi connectivity index (χ4n) is 2.05. The van der Waals surface area contributed by atoms with Crippen molar-refractivity contribution in [3.8, 4) is 5.75 Å². The van der Waals surface area contributed by atoms with Crippen LogP contribution in [0, 0.1) is 0 Å². The van der Waals surface area contributed by atoms with E-state index in [1.807, 2.05) is 48.7 Å². The van der Waals surface area contributed by atoms with Crippen molar-refractivity contribution in [2.45, 2.75) is 0 Å². The number of fused-ring (bicyclic) bond motifs is 1. The molecule has 0 aliphatic heterocycles. The third-order valence-electron chi connectivity index (χ3n) is 2.99. The van der Waals surface area contributed by atoms with Gasteiger partial charge in [-0.1, -0.05) is 17.7 Å². The first-order chi connectivity index (χ1) is 9.26. The number of ether oxygens (including phenoxy) is 1. The lowest BCUT2D eigenvalue weighted by molar-refractivity contribution is 0.415. The molecule has 3 aromatic rings. The maximum Gasteiger partial charge on any atom is 0.119 e. The van der Waals surface area contributed by atoms with E-state index in [4.69, 9.17) is 16.3 Å². The smallest absolute Gasteiger partial charge is 0.119 e. The van der Waals surface area contributed by atoms with Gasteiger partial charge in [-0.3, -0.25) is 0 Å². The highest BCUT2D eigenvalue weighted by Gasteiger charge is 2.05. The van der Waals surface area contributed by atoms with Gasteiger partial charge < -0.3 is 15.0 Å². The average Bonchev–Trinajstić information content (AvgIpc) is 2.81. The summed E-state index contributed by atoms with van der Waals surface area (Å²) in [7, 11) is 1.66. The molecule has 0 saturated carbocycles. The van der Waals surface area contributed by atoms with Crippen LogP contribution in [0.5, 0.6) is 5.75 Å². The number of anilines is 2. The number of rotatable bonds is 3. The molecule has 0 amide bonds. The lowest BCUT2D eigenvalue weighted by Crippen LogP contribution is -1.89. The van der Waals surface area contributed by atoms with E-state index in [1.54, 1.807) is 7.11 Å². The largest absolute Gasteiger partial charge is 0.497 e. The van der Waals surface area contributed by atoms with Gasteiger partial charge in [-0.25, -0.2) is 0 Å². The topological polar surface area (TPSA) is 37.0 Å². The van der Waals surface area contributed by atoms with Gasteiger partial charge in [0.15, 0.2) is 0 Å². The summed E-state index contributed by atoms with van der Waals surface area (Å²) in [5, 5.41) is 5.14. The summed E-state index contributed by atoms with van der Waals surface area (Å²) >= 11 is 5.98. The van der Waals surface area contributed by atoms with Crippen LogP contribution >= 0.6 is 11.6 Å². The minimum absolute atomic E-state index is 0.711. The Morgan fingerprint density at radius 2 is 2.05 bits per heavy atom. The molecule has 0 aliphatic carbocycles. The predicted octanol–water partition coefficient (Wildman–Crippen LogP) is 4.57. The molecule has 0 bridgehead atoms. The number of hydrogen-bond donors (Lipinski definition) is 2. The zero-order valence-corrected chi connectivity index (χ0v) is 11.2. The van der Waals surface area contributed by atoms with E-state index in [9.17, 15) is 0 Å². The van der Waals surface area contributed by atoms with E-state index in [0.29, 0.717) is 5.02 Å². The van der Waals surface area contributed by atoms with Crippen LogP contribution in [-0.2, 0) is 0 Å². The molecule has 0 aliphatic rings. The molecule has 2 aromatic carbocycles. The molecule has 2 N–H and O–H groups in total. The average molecular weight is 273 g/mol. The summed E-state index contributed by atoms with van der Waals surface area (Å²) in [6, 6.07) is 13.6. The minimum atomic E-state index is 0.711. The van der Waals surface area contributed by atoms with Crippen LogP contribution in [0.15, 0.2) is 48.7 Å². The van der Waals surface area contributed by atoms with Gasteiger partial charge in [0.25, 0.3) is 0 Å². The number of aromatic amines is 1. The van der Waals surface area contributed by atoms with E-state index in [2.05, 4.69) is 10.3 Å². The van der Waals surface area contributed by atoms with E-state index in [1.165, 1.54) is 0 Å². The van der Waals surface area contributed by atoms with E-state index in [0.717, 1.165) is 28.0 Å². The summed E-state index contributed by atoms with van der Waals surface area (Å²) in [6.07, 6.45) is 1.94. The lowest BCUT2D eigenvalue weighted by atomic mass is 10.2. The van der Waals surface area contributed by atoms with Crippen molar-refractivity contribution >= 4 is 33.9 Å². The summed E-state index contributed by atoms with van der Waals surface area (Å²) < 4.78 is 5.25. The van der Waals surface area contributed by atoms with Gasteiger partial charge in [0.05, 0.1) is 12.8 Å². The van der Waals surface area contributed by atoms with Crippen LogP contribution in [0.25, 0.3) is 10.9 Å². The molecule has 0 spiro atoms. The van der Waals surface area contributed by atoms with Crippen molar-refractivity contribution in [2.24, 2.45) is 0 Å². The standard InChI is InChI=1S/C15H13ClN2O/c1-19-12-5-6-14-13(8-12)15(9-17-14)18-11-4-2-3-10(16)7-11/h2-9,17-18H,1H3. The Morgan fingerprint density at radius 3 is 2.84 bits per heavy atom. The van der Waals surface area contributed by atoms with Gasteiger partial charge in [-0.2, -0.15) is 0 Å². The van der Waals surface area contributed by atoms with Gasteiger partial charge in [0.2, 0.25) is 0 Å². The first-order valence-electron chi connectivity index (χ1n) is 5.94. The minimum Gasteiger partial charge on any atom is -0.497 e. The number of aromatic nitrogens is 1. The molecule has 3 rings (SSSR count). The normalized spacial score (nSPS) is 10.6. The number of hydrogen-bond acceptors (Lipinski definition) is 2. The molecule has 19 heavy (non-hydrogen) atoms. The van der Waals surface area contributed by atoms with Crippen molar-refractivity contribution in [3.05, 3.63) is 53.7 Å². The Bertz CT molecular complexity index is 721. The Hall–Kier alpha value is -2.13. The summed E-state index contributed by atoms with van der Waals surface area (Å²) in [5.74, 6) is 0.834. The molecule has 3 nitrogen and oxygen atoms in total. The Balaban J connectivity index is 2.00. The van der Waals surface area contributed by atoms with Crippen molar-refractivity contribution in [2.75, 3.05) is 12.4 Å². The van der Waals surface area contributed by atoms with Crippen LogP contribution in [-0.4, -0.2) is 12.1 Å². The SMILES string of the molecule is COc1ccc2[nH]cc(Nc3cccc(Cl)c3)c2c1. The van der Waals surface area contributed by atoms with Crippen molar-refractivity contribution < 1.29 is 4.74 Å². The first kappa shape index (κ1) is 11.9. The monoisotopic (exact) mass is 272 g/mol. The zero-order valence-electron chi connectivity index (χ0n) is 10.4. The van der Waals surface area contributed by atoms with Gasteiger partial charge in [-0.15, -0.1) is 0 Å². The lowest BCUT2D eigenvalue weighted by Gasteiger charge is -2.06. The second kappa shape index (κ2) is 4.86. The highest BCUT2D eigenvalue weighted by molar-refractivity contribution is 6.30. The molecular weight excluding hydrogens is 260 g/mol. The van der Waals surface area contributed by atoms with Crippen molar-refractivity contribution in [3.63, 3.8) is 0 Å². The second-order valence-corrected chi connectivity index (χ2v) is 4.69. The Labute approximate surface area is 116 Å². The molecule has 4 heteroatoms. The number of halogens is 1. The molecule has 0 fully saturated rings. The highest BCUT2D eigenvalue weighted by Crippen LogP contribution is 2.30. The van der Waals surface area contributed by atoms with Gasteiger partial charge >= 0.3 is 0 Å². The molecule has 0 saturated heterocycles. The van der Waals surface area contributed by atoms with Gasteiger partial charge in [0, 0.05) is 27.8 Å². The molecular formula is C15H13ClN2O. The van der Waals surface area contributed by atoms with Crippen LogP contribution < -0.4 is 10.1 Å². The number of H-pyrrole nitrogens is 1. The molecule has 0 radical (unpaired) electrons. The molecule has 0 unspecified atom stereocenters. The molecule has 1 aromatic heterocycles. The Morgan fingerprint density at radius 1 is 1.16 bits per heavy atom.